The number of fused-ring (bicyclic) bond motifs is 2. The maximum absolute atomic E-state index is 10.2. The van der Waals surface area contributed by atoms with Crippen LogP contribution >= 0.6 is 0 Å². The van der Waals surface area contributed by atoms with Gasteiger partial charge in [-0.25, -0.2) is 9.83 Å². The summed E-state index contributed by atoms with van der Waals surface area (Å²) in [5.41, 5.74) is 4.98. The minimum absolute atomic E-state index is 0.00561. The summed E-state index contributed by atoms with van der Waals surface area (Å²) >= 11 is 0. The molecule has 7 nitrogen and oxygen atoms in total. The average Bonchev–Trinajstić information content (AvgIpc) is 3.32. The quantitative estimate of drug-likeness (QED) is 0.504. The fourth-order valence-corrected chi connectivity index (χ4v) is 4.01. The molecule has 29 heavy (non-hydrogen) atoms. The van der Waals surface area contributed by atoms with Gasteiger partial charge in [-0.2, -0.15) is 4.98 Å². The van der Waals surface area contributed by atoms with Crippen LogP contribution in [0.25, 0.3) is 27.0 Å². The Morgan fingerprint density at radius 1 is 1.17 bits per heavy atom. The lowest BCUT2D eigenvalue weighted by Gasteiger charge is -2.27. The first kappa shape index (κ1) is 17.7. The summed E-state index contributed by atoms with van der Waals surface area (Å²) in [6, 6.07) is 12.0. The lowest BCUT2D eigenvalue weighted by atomic mass is 9.93. The molecule has 2 aromatic heterocycles. The van der Waals surface area contributed by atoms with Gasteiger partial charge < -0.3 is 19.4 Å². The molecule has 0 radical (unpaired) electrons. The zero-order chi connectivity index (χ0) is 19.8. The van der Waals surface area contributed by atoms with Crippen molar-refractivity contribution >= 4 is 33.8 Å². The summed E-state index contributed by atoms with van der Waals surface area (Å²) in [7, 11) is 0. The molecule has 0 unspecified atom stereocenters. The molecule has 2 N–H and O–H groups in total. The number of aliphatic hydroxyl groups excluding tert-OH is 1. The maximum atomic E-state index is 10.2. The minimum atomic E-state index is -0.354. The summed E-state index contributed by atoms with van der Waals surface area (Å²) in [5, 5.41) is 13.4. The Balaban J connectivity index is 1.38. The van der Waals surface area contributed by atoms with Crippen molar-refractivity contribution in [1.29, 1.82) is 0 Å². The van der Waals surface area contributed by atoms with E-state index < -0.39 is 0 Å². The summed E-state index contributed by atoms with van der Waals surface area (Å²) in [6.07, 6.45) is 5.35. The second kappa shape index (κ2) is 7.22. The van der Waals surface area contributed by atoms with Crippen molar-refractivity contribution in [2.24, 2.45) is 0 Å². The standard InChI is InChI=1S/C22H21N5O2/c1-23-15-7-9-19-18(11-15)24-13-27(19)12-14-6-8-17-21(10-14)29-22(26-17)25-16-4-2-3-5-20(16)28/h6-11,13,16,20,28H,2-5,12H2,(H,25,26)/t16-,20-/m1/s1. The number of nitrogens with one attached hydrogen (secondary N) is 1. The topological polar surface area (TPSA) is 80.5 Å². The van der Waals surface area contributed by atoms with Gasteiger partial charge in [0, 0.05) is 6.54 Å². The number of aromatic nitrogens is 3. The highest BCUT2D eigenvalue weighted by Gasteiger charge is 2.24. The van der Waals surface area contributed by atoms with Gasteiger partial charge in [-0.15, -0.1) is 0 Å². The lowest BCUT2D eigenvalue weighted by molar-refractivity contribution is 0.115. The zero-order valence-electron chi connectivity index (χ0n) is 15.9. The fourth-order valence-electron chi connectivity index (χ4n) is 4.01. The Bertz CT molecular complexity index is 1220. The molecule has 2 atom stereocenters. The molecular formula is C22H21N5O2. The van der Waals surface area contributed by atoms with E-state index in [9.17, 15) is 5.11 Å². The van der Waals surface area contributed by atoms with Gasteiger partial charge in [0.25, 0.3) is 6.01 Å². The van der Waals surface area contributed by atoms with Crippen LogP contribution in [0.2, 0.25) is 0 Å². The third kappa shape index (κ3) is 3.43. The summed E-state index contributed by atoms with van der Waals surface area (Å²) < 4.78 is 7.96. The molecule has 1 saturated carbocycles. The predicted molar refractivity (Wildman–Crippen MR) is 111 cm³/mol. The second-order valence-electron chi connectivity index (χ2n) is 7.58. The second-order valence-corrected chi connectivity index (χ2v) is 7.58. The summed E-state index contributed by atoms with van der Waals surface area (Å²) in [6.45, 7) is 7.78. The Kier molecular flexibility index (Phi) is 4.41. The van der Waals surface area contributed by atoms with Crippen LogP contribution in [0.15, 0.2) is 47.1 Å². The Morgan fingerprint density at radius 3 is 2.93 bits per heavy atom. The van der Waals surface area contributed by atoms with Gasteiger partial charge in [0.1, 0.15) is 5.52 Å². The van der Waals surface area contributed by atoms with Crippen LogP contribution in [0.1, 0.15) is 31.2 Å². The van der Waals surface area contributed by atoms with Crippen molar-refractivity contribution in [3.05, 3.63) is 59.7 Å². The third-order valence-electron chi connectivity index (χ3n) is 5.58. The van der Waals surface area contributed by atoms with Crippen LogP contribution in [-0.4, -0.2) is 31.8 Å². The molecule has 7 heteroatoms. The lowest BCUT2D eigenvalue weighted by Crippen LogP contribution is -2.36. The van der Waals surface area contributed by atoms with E-state index >= 15 is 0 Å². The van der Waals surface area contributed by atoms with Crippen molar-refractivity contribution < 1.29 is 9.52 Å². The Morgan fingerprint density at radius 2 is 2.07 bits per heavy atom. The number of hydrogen-bond acceptors (Lipinski definition) is 5. The molecular weight excluding hydrogens is 366 g/mol. The number of benzene rings is 2. The van der Waals surface area contributed by atoms with Crippen LogP contribution in [-0.2, 0) is 6.54 Å². The molecule has 1 fully saturated rings. The van der Waals surface area contributed by atoms with Crippen molar-refractivity contribution in [2.75, 3.05) is 5.32 Å². The molecule has 0 bridgehead atoms. The van der Waals surface area contributed by atoms with Crippen molar-refractivity contribution in [3.63, 3.8) is 0 Å². The molecule has 5 rings (SSSR count). The van der Waals surface area contributed by atoms with E-state index in [4.69, 9.17) is 11.0 Å². The highest BCUT2D eigenvalue weighted by Crippen LogP contribution is 2.26. The maximum Gasteiger partial charge on any atom is 0.295 e. The number of hydrogen-bond donors (Lipinski definition) is 2. The van der Waals surface area contributed by atoms with Gasteiger partial charge in [0.2, 0.25) is 0 Å². The van der Waals surface area contributed by atoms with Gasteiger partial charge in [-0.3, -0.25) is 0 Å². The van der Waals surface area contributed by atoms with E-state index in [1.807, 2.05) is 30.3 Å². The summed E-state index contributed by atoms with van der Waals surface area (Å²) in [4.78, 5) is 12.4. The largest absolute Gasteiger partial charge is 0.424 e. The van der Waals surface area contributed by atoms with E-state index in [-0.39, 0.29) is 12.1 Å². The van der Waals surface area contributed by atoms with E-state index in [1.54, 1.807) is 12.4 Å². The number of imidazole rings is 1. The van der Waals surface area contributed by atoms with E-state index in [2.05, 4.69) is 24.7 Å². The molecule has 2 aromatic carbocycles. The van der Waals surface area contributed by atoms with Crippen LogP contribution < -0.4 is 5.32 Å². The molecule has 0 saturated heterocycles. The van der Waals surface area contributed by atoms with Crippen LogP contribution in [0, 0.1) is 6.57 Å². The highest BCUT2D eigenvalue weighted by molar-refractivity contribution is 5.80. The average molecular weight is 387 g/mol. The predicted octanol–water partition coefficient (Wildman–Crippen LogP) is 4.49. The molecule has 146 valence electrons. The van der Waals surface area contributed by atoms with Crippen LogP contribution in [0.3, 0.4) is 0 Å². The molecule has 0 spiro atoms. The highest BCUT2D eigenvalue weighted by atomic mass is 16.4. The van der Waals surface area contributed by atoms with E-state index in [1.165, 1.54) is 0 Å². The molecule has 1 aliphatic carbocycles. The normalized spacial score (nSPS) is 19.4. The molecule has 1 aliphatic rings. The van der Waals surface area contributed by atoms with Gasteiger partial charge in [0.05, 0.1) is 36.1 Å². The first-order chi connectivity index (χ1) is 14.2. The van der Waals surface area contributed by atoms with Crippen molar-refractivity contribution in [3.8, 4) is 0 Å². The first-order valence-electron chi connectivity index (χ1n) is 9.86. The smallest absolute Gasteiger partial charge is 0.295 e. The fraction of sp³-hybridized carbons (Fsp3) is 0.318. The van der Waals surface area contributed by atoms with Crippen LogP contribution in [0.5, 0.6) is 0 Å². The van der Waals surface area contributed by atoms with Gasteiger partial charge in [-0.05, 0) is 42.7 Å². The Hall–Kier alpha value is -3.37. The Labute approximate surface area is 167 Å². The minimum Gasteiger partial charge on any atom is -0.424 e. The molecule has 0 amide bonds. The SMILES string of the molecule is [C-]#[N+]c1ccc2c(c1)ncn2Cc1ccc2nc(N[C@@H]3CCCC[C@H]3O)oc2c1. The number of oxazole rings is 1. The molecule has 4 aromatic rings. The number of nitrogens with zero attached hydrogens (tertiary/aromatic N) is 4. The zero-order valence-corrected chi connectivity index (χ0v) is 15.9. The van der Waals surface area contributed by atoms with Crippen LogP contribution in [0.4, 0.5) is 11.7 Å². The monoisotopic (exact) mass is 387 g/mol. The van der Waals surface area contributed by atoms with E-state index in [0.717, 1.165) is 53.4 Å². The van der Waals surface area contributed by atoms with Gasteiger partial charge in [-0.1, -0.05) is 25.0 Å². The number of aliphatic hydroxyl groups is 1. The van der Waals surface area contributed by atoms with Gasteiger partial charge >= 0.3 is 0 Å². The third-order valence-corrected chi connectivity index (χ3v) is 5.58. The van der Waals surface area contributed by atoms with Crippen molar-refractivity contribution in [2.45, 2.75) is 44.4 Å². The first-order valence-corrected chi connectivity index (χ1v) is 9.86. The van der Waals surface area contributed by atoms with Crippen molar-refractivity contribution in [1.82, 2.24) is 14.5 Å². The summed E-state index contributed by atoms with van der Waals surface area (Å²) in [5.74, 6) is 0. The van der Waals surface area contributed by atoms with E-state index in [0.29, 0.717) is 18.2 Å². The molecule has 0 aliphatic heterocycles. The number of anilines is 1. The van der Waals surface area contributed by atoms with Gasteiger partial charge in [0.15, 0.2) is 11.3 Å². The number of rotatable bonds is 4. The molecule has 2 heterocycles.